The lowest BCUT2D eigenvalue weighted by atomic mass is 10.1. The van der Waals surface area contributed by atoms with Gasteiger partial charge in [-0.2, -0.15) is 0 Å². The molecule has 1 N–H and O–H groups in total. The summed E-state index contributed by atoms with van der Waals surface area (Å²) in [5.74, 6) is 0.415. The molecule has 1 aliphatic rings. The van der Waals surface area contributed by atoms with Crippen LogP contribution in [0, 0.1) is 0 Å². The lowest BCUT2D eigenvalue weighted by Crippen LogP contribution is -2.23. The van der Waals surface area contributed by atoms with Gasteiger partial charge in [-0.1, -0.05) is 52.0 Å². The van der Waals surface area contributed by atoms with Crippen LogP contribution >= 0.6 is 27.7 Å². The monoisotopic (exact) mass is 415 g/mol. The third kappa shape index (κ3) is 3.62. The Morgan fingerprint density at radius 3 is 2.92 bits per heavy atom. The molecular formula is C18H14BrN3O2S. The highest BCUT2D eigenvalue weighted by Crippen LogP contribution is 2.32. The fourth-order valence-electron chi connectivity index (χ4n) is 2.72. The zero-order valence-electron chi connectivity index (χ0n) is 13.1. The predicted octanol–water partition coefficient (Wildman–Crippen LogP) is 4.54. The molecule has 2 heterocycles. The molecule has 1 atom stereocenters. The first-order valence-corrected chi connectivity index (χ1v) is 9.51. The number of thioether (sulfide) groups is 1. The normalized spacial score (nSPS) is 16.8. The Kier molecular flexibility index (Phi) is 4.59. The number of aromatic nitrogens is 2. The topological polar surface area (TPSA) is 68.0 Å². The quantitative estimate of drug-likeness (QED) is 0.679. The average Bonchev–Trinajstić information content (AvgIpc) is 3.02. The van der Waals surface area contributed by atoms with E-state index in [0.717, 1.165) is 34.1 Å². The van der Waals surface area contributed by atoms with Crippen LogP contribution in [0.15, 0.2) is 62.6 Å². The zero-order chi connectivity index (χ0) is 17.2. The number of halogens is 1. The highest BCUT2D eigenvalue weighted by molar-refractivity contribution is 9.10. The molecule has 0 unspecified atom stereocenters. The summed E-state index contributed by atoms with van der Waals surface area (Å²) in [6, 6.07) is 15.5. The maximum absolute atomic E-state index is 12.5. The minimum Gasteiger partial charge on any atom is -0.411 e. The van der Waals surface area contributed by atoms with Crippen LogP contribution < -0.4 is 5.32 Å². The zero-order valence-corrected chi connectivity index (χ0v) is 15.5. The number of carbonyl (C=O) groups excluding carboxylic acids is 1. The van der Waals surface area contributed by atoms with E-state index in [0.29, 0.717) is 11.1 Å². The van der Waals surface area contributed by atoms with Gasteiger partial charge in [-0.15, -0.1) is 10.2 Å². The number of amides is 1. The molecule has 0 fully saturated rings. The molecule has 0 aliphatic carbocycles. The van der Waals surface area contributed by atoms with Crippen molar-refractivity contribution in [2.45, 2.75) is 23.3 Å². The van der Waals surface area contributed by atoms with Crippen LogP contribution in [0.4, 0.5) is 5.69 Å². The molecule has 3 aromatic rings. The van der Waals surface area contributed by atoms with Crippen molar-refractivity contribution in [2.75, 3.05) is 5.32 Å². The number of nitrogens with zero attached hydrogens (tertiary/aromatic N) is 2. The van der Waals surface area contributed by atoms with E-state index in [1.165, 1.54) is 11.8 Å². The maximum atomic E-state index is 12.5. The third-order valence-corrected chi connectivity index (χ3v) is 5.56. The van der Waals surface area contributed by atoms with Gasteiger partial charge in [0, 0.05) is 15.7 Å². The predicted molar refractivity (Wildman–Crippen MR) is 100 cm³/mol. The van der Waals surface area contributed by atoms with E-state index < -0.39 is 0 Å². The van der Waals surface area contributed by atoms with Gasteiger partial charge in [-0.05, 0) is 42.7 Å². The van der Waals surface area contributed by atoms with Crippen molar-refractivity contribution in [2.24, 2.45) is 0 Å². The highest BCUT2D eigenvalue weighted by atomic mass is 79.9. The van der Waals surface area contributed by atoms with Gasteiger partial charge < -0.3 is 9.73 Å². The minimum absolute atomic E-state index is 0.0304. The lowest BCUT2D eigenvalue weighted by molar-refractivity contribution is -0.115. The van der Waals surface area contributed by atoms with Gasteiger partial charge in [-0.25, -0.2) is 0 Å². The number of para-hydroxylation sites is 1. The van der Waals surface area contributed by atoms with E-state index in [2.05, 4.69) is 31.4 Å². The number of hydrogen-bond acceptors (Lipinski definition) is 5. The van der Waals surface area contributed by atoms with Gasteiger partial charge in [0.05, 0.1) is 5.25 Å². The van der Waals surface area contributed by atoms with Crippen LogP contribution in [0.5, 0.6) is 0 Å². The number of hydrogen-bond donors (Lipinski definition) is 1. The molecule has 0 saturated carbocycles. The third-order valence-electron chi connectivity index (χ3n) is 3.96. The van der Waals surface area contributed by atoms with Gasteiger partial charge in [0.25, 0.3) is 5.22 Å². The Morgan fingerprint density at radius 2 is 2.04 bits per heavy atom. The van der Waals surface area contributed by atoms with E-state index in [1.807, 2.05) is 48.5 Å². The Morgan fingerprint density at radius 1 is 1.16 bits per heavy atom. The summed E-state index contributed by atoms with van der Waals surface area (Å²) in [5.41, 5.74) is 2.88. The van der Waals surface area contributed by atoms with E-state index in [-0.39, 0.29) is 11.2 Å². The Labute approximate surface area is 157 Å². The molecular weight excluding hydrogens is 402 g/mol. The molecule has 1 amide bonds. The molecule has 5 nitrogen and oxygen atoms in total. The number of anilines is 1. The first-order valence-electron chi connectivity index (χ1n) is 7.84. The standard InChI is InChI=1S/C18H14BrN3O2S/c19-13-6-3-5-12(10-13)17-21-22-18(24-17)25-15-9-8-11-4-1-2-7-14(11)20-16(15)23/h1-7,10,15H,8-9H2,(H,20,23)/t15-/m0/s1. The van der Waals surface area contributed by atoms with Gasteiger partial charge >= 0.3 is 0 Å². The molecule has 0 radical (unpaired) electrons. The van der Waals surface area contributed by atoms with Crippen molar-refractivity contribution in [3.8, 4) is 11.5 Å². The van der Waals surface area contributed by atoms with Gasteiger partial charge in [0.1, 0.15) is 0 Å². The van der Waals surface area contributed by atoms with Crippen molar-refractivity contribution in [3.63, 3.8) is 0 Å². The first-order chi connectivity index (χ1) is 12.2. The molecule has 126 valence electrons. The van der Waals surface area contributed by atoms with Gasteiger partial charge in [-0.3, -0.25) is 4.79 Å². The average molecular weight is 416 g/mol. The summed E-state index contributed by atoms with van der Waals surface area (Å²) < 4.78 is 6.68. The molecule has 25 heavy (non-hydrogen) atoms. The summed E-state index contributed by atoms with van der Waals surface area (Å²) in [5, 5.41) is 11.3. The molecule has 0 bridgehead atoms. The summed E-state index contributed by atoms with van der Waals surface area (Å²) in [6.45, 7) is 0. The highest BCUT2D eigenvalue weighted by Gasteiger charge is 2.26. The molecule has 0 spiro atoms. The van der Waals surface area contributed by atoms with Crippen molar-refractivity contribution in [1.29, 1.82) is 0 Å². The number of aryl methyl sites for hydroxylation is 1. The van der Waals surface area contributed by atoms with Crippen LogP contribution in [0.2, 0.25) is 0 Å². The SMILES string of the molecule is O=C1Nc2ccccc2CC[C@@H]1Sc1nnc(-c2cccc(Br)c2)o1. The van der Waals surface area contributed by atoms with Gasteiger partial charge in [0.15, 0.2) is 0 Å². The minimum atomic E-state index is -0.261. The molecule has 4 rings (SSSR count). The second-order valence-corrected chi connectivity index (χ2v) is 7.74. The van der Waals surface area contributed by atoms with Crippen LogP contribution in [-0.2, 0) is 11.2 Å². The van der Waals surface area contributed by atoms with Crippen LogP contribution in [0.1, 0.15) is 12.0 Å². The molecule has 7 heteroatoms. The fraction of sp³-hybridized carbons (Fsp3) is 0.167. The second kappa shape index (κ2) is 7.01. The number of benzene rings is 2. The van der Waals surface area contributed by atoms with Crippen LogP contribution in [-0.4, -0.2) is 21.4 Å². The van der Waals surface area contributed by atoms with E-state index in [1.54, 1.807) is 0 Å². The maximum Gasteiger partial charge on any atom is 0.277 e. The molecule has 1 aromatic heterocycles. The smallest absolute Gasteiger partial charge is 0.277 e. The molecule has 1 aliphatic heterocycles. The summed E-state index contributed by atoms with van der Waals surface area (Å²) in [7, 11) is 0. The van der Waals surface area contributed by atoms with Crippen molar-refractivity contribution < 1.29 is 9.21 Å². The van der Waals surface area contributed by atoms with Crippen molar-refractivity contribution in [1.82, 2.24) is 10.2 Å². The Hall–Kier alpha value is -2.12. The second-order valence-electron chi connectivity index (χ2n) is 5.68. The van der Waals surface area contributed by atoms with Crippen LogP contribution in [0.3, 0.4) is 0 Å². The molecule has 2 aromatic carbocycles. The van der Waals surface area contributed by atoms with Crippen LogP contribution in [0.25, 0.3) is 11.5 Å². The summed E-state index contributed by atoms with van der Waals surface area (Å²) in [6.07, 6.45) is 1.56. The Bertz CT molecular complexity index is 928. The lowest BCUT2D eigenvalue weighted by Gasteiger charge is -2.09. The number of fused-ring (bicyclic) bond motifs is 1. The van der Waals surface area contributed by atoms with Gasteiger partial charge in [0.2, 0.25) is 11.8 Å². The summed E-state index contributed by atoms with van der Waals surface area (Å²) in [4.78, 5) is 12.5. The Balaban J connectivity index is 1.50. The molecule has 0 saturated heterocycles. The van der Waals surface area contributed by atoms with E-state index >= 15 is 0 Å². The number of carbonyl (C=O) groups is 1. The van der Waals surface area contributed by atoms with Crippen molar-refractivity contribution >= 4 is 39.3 Å². The van der Waals surface area contributed by atoms with E-state index in [9.17, 15) is 4.79 Å². The first kappa shape index (κ1) is 16.4. The number of rotatable bonds is 3. The van der Waals surface area contributed by atoms with Crippen molar-refractivity contribution in [3.05, 3.63) is 58.6 Å². The fourth-order valence-corrected chi connectivity index (χ4v) is 3.98. The van der Waals surface area contributed by atoms with E-state index in [4.69, 9.17) is 4.42 Å². The summed E-state index contributed by atoms with van der Waals surface area (Å²) >= 11 is 4.74. The largest absolute Gasteiger partial charge is 0.411 e. The number of nitrogens with one attached hydrogen (secondary N) is 1.